The molecule has 0 aliphatic carbocycles. The fourth-order valence-electron chi connectivity index (χ4n) is 3.09. The van der Waals surface area contributed by atoms with Crippen LogP contribution in [0.5, 0.6) is 0 Å². The van der Waals surface area contributed by atoms with E-state index in [0.717, 1.165) is 9.87 Å². The van der Waals surface area contributed by atoms with Crippen LogP contribution in [0.25, 0.3) is 0 Å². The van der Waals surface area contributed by atoms with E-state index in [4.69, 9.17) is 11.6 Å². The zero-order chi connectivity index (χ0) is 23.5. The van der Waals surface area contributed by atoms with Crippen LogP contribution in [0.3, 0.4) is 0 Å². The first-order valence-electron chi connectivity index (χ1n) is 9.56. The molecule has 0 saturated carbocycles. The van der Waals surface area contributed by atoms with Crippen LogP contribution in [0, 0.1) is 13.8 Å². The summed E-state index contributed by atoms with van der Waals surface area (Å²) in [5, 5.41) is 14.1. The number of aryl methyl sites for hydroxylation is 1. The first-order valence-corrected chi connectivity index (χ1v) is 11.4. The van der Waals surface area contributed by atoms with Crippen molar-refractivity contribution in [3.05, 3.63) is 88.4 Å². The molecule has 1 amide bonds. The number of sulfonamides is 1. The molecule has 1 N–H and O–H groups in total. The van der Waals surface area contributed by atoms with Crippen LogP contribution in [0.1, 0.15) is 21.5 Å². The number of halogens is 1. The van der Waals surface area contributed by atoms with E-state index in [2.05, 4.69) is 5.32 Å². The summed E-state index contributed by atoms with van der Waals surface area (Å²) in [5.74, 6) is -2.19. The zero-order valence-corrected chi connectivity index (χ0v) is 18.9. The van der Waals surface area contributed by atoms with Gasteiger partial charge in [-0.05, 0) is 49.7 Å². The molecule has 0 spiro atoms. The van der Waals surface area contributed by atoms with Gasteiger partial charge < -0.3 is 15.2 Å². The van der Waals surface area contributed by atoms with Crippen molar-refractivity contribution in [1.29, 1.82) is 0 Å². The number of nitrogens with zero attached hydrogens (tertiary/aromatic N) is 1. The molecule has 7 nitrogen and oxygen atoms in total. The molecule has 0 unspecified atom stereocenters. The summed E-state index contributed by atoms with van der Waals surface area (Å²) in [4.78, 5) is 24.2. The lowest BCUT2D eigenvalue weighted by Crippen LogP contribution is -2.39. The number of carboxylic acids is 1. The maximum atomic E-state index is 13.5. The molecule has 0 bridgehead atoms. The molecule has 0 aliphatic heterocycles. The Morgan fingerprint density at radius 3 is 2.28 bits per heavy atom. The minimum atomic E-state index is -4.14. The number of para-hydroxylation sites is 1. The molecule has 3 aromatic rings. The van der Waals surface area contributed by atoms with Crippen molar-refractivity contribution in [3.8, 4) is 0 Å². The number of hydrogen-bond acceptors (Lipinski definition) is 5. The number of carbonyl (C=O) groups excluding carboxylic acids is 2. The number of anilines is 2. The molecule has 166 valence electrons. The Balaban J connectivity index is 2.02. The minimum absolute atomic E-state index is 0.00501. The second-order valence-corrected chi connectivity index (χ2v) is 9.36. The van der Waals surface area contributed by atoms with Crippen LogP contribution >= 0.6 is 11.6 Å². The Morgan fingerprint density at radius 1 is 0.969 bits per heavy atom. The Kier molecular flexibility index (Phi) is 6.86. The molecule has 32 heavy (non-hydrogen) atoms. The maximum Gasteiger partial charge on any atom is 0.264 e. The van der Waals surface area contributed by atoms with Crippen molar-refractivity contribution in [1.82, 2.24) is 0 Å². The Bertz CT molecular complexity index is 1270. The van der Waals surface area contributed by atoms with E-state index >= 15 is 0 Å². The molecule has 3 rings (SSSR count). The molecule has 0 heterocycles. The van der Waals surface area contributed by atoms with Gasteiger partial charge in [-0.2, -0.15) is 0 Å². The third kappa shape index (κ3) is 4.92. The molecular formula is C23H20ClN2O5S-. The van der Waals surface area contributed by atoms with E-state index in [1.165, 1.54) is 30.3 Å². The highest BCUT2D eigenvalue weighted by Gasteiger charge is 2.29. The Hall–Kier alpha value is -3.36. The monoisotopic (exact) mass is 471 g/mol. The second-order valence-electron chi connectivity index (χ2n) is 7.09. The molecule has 0 atom stereocenters. The number of amides is 1. The SMILES string of the molecule is Cc1ccc(S(=O)(=O)N(CC(=O)Nc2ccccc2C(=O)[O-])c2cccc(Cl)c2C)cc1. The van der Waals surface area contributed by atoms with Gasteiger partial charge in [-0.1, -0.05) is 53.6 Å². The predicted molar refractivity (Wildman–Crippen MR) is 121 cm³/mol. The van der Waals surface area contributed by atoms with Crippen LogP contribution in [0.2, 0.25) is 5.02 Å². The fourth-order valence-corrected chi connectivity index (χ4v) is 4.74. The summed E-state index contributed by atoms with van der Waals surface area (Å²) in [5.41, 5.74) is 1.39. The van der Waals surface area contributed by atoms with Crippen LogP contribution in [-0.2, 0) is 14.8 Å². The number of aromatic carboxylic acids is 1. The van der Waals surface area contributed by atoms with E-state index in [9.17, 15) is 23.1 Å². The average molecular weight is 472 g/mol. The molecule has 3 aromatic carbocycles. The van der Waals surface area contributed by atoms with Gasteiger partial charge in [0.25, 0.3) is 10.0 Å². The first-order chi connectivity index (χ1) is 15.1. The standard InChI is InChI=1S/C23H21ClN2O5S/c1-15-10-12-17(13-11-15)32(30,31)26(21-9-5-7-19(24)16(21)2)14-22(27)25-20-8-4-3-6-18(20)23(28)29/h3-13H,14H2,1-2H3,(H,25,27)(H,28,29)/p-1. The third-order valence-electron chi connectivity index (χ3n) is 4.83. The van der Waals surface area contributed by atoms with Crippen molar-refractivity contribution < 1.29 is 23.1 Å². The predicted octanol–water partition coefficient (Wildman–Crippen LogP) is 3.15. The van der Waals surface area contributed by atoms with E-state index in [-0.39, 0.29) is 21.8 Å². The second kappa shape index (κ2) is 9.42. The number of rotatable bonds is 7. The van der Waals surface area contributed by atoms with Gasteiger partial charge in [-0.25, -0.2) is 8.42 Å². The van der Waals surface area contributed by atoms with Crippen molar-refractivity contribution in [3.63, 3.8) is 0 Å². The molecule has 0 radical (unpaired) electrons. The highest BCUT2D eigenvalue weighted by Crippen LogP contribution is 2.31. The van der Waals surface area contributed by atoms with Crippen molar-refractivity contribution >= 4 is 44.9 Å². The number of nitrogens with one attached hydrogen (secondary N) is 1. The summed E-state index contributed by atoms with van der Waals surface area (Å²) < 4.78 is 27.9. The number of hydrogen-bond donors (Lipinski definition) is 1. The average Bonchev–Trinajstić information content (AvgIpc) is 2.75. The molecule has 9 heteroatoms. The topological polar surface area (TPSA) is 107 Å². The van der Waals surface area contributed by atoms with Crippen LogP contribution in [0.15, 0.2) is 71.6 Å². The van der Waals surface area contributed by atoms with Gasteiger partial charge in [0.1, 0.15) is 6.54 Å². The summed E-state index contributed by atoms with van der Waals surface area (Å²) in [6, 6.07) is 16.7. The number of carboxylic acid groups (broad SMARTS) is 1. The van der Waals surface area contributed by atoms with E-state index in [1.54, 1.807) is 43.3 Å². The normalized spacial score (nSPS) is 11.1. The minimum Gasteiger partial charge on any atom is -0.545 e. The Morgan fingerprint density at radius 2 is 1.62 bits per heavy atom. The number of benzene rings is 3. The summed E-state index contributed by atoms with van der Waals surface area (Å²) in [6.07, 6.45) is 0. The molecule has 0 fully saturated rings. The third-order valence-corrected chi connectivity index (χ3v) is 7.01. The van der Waals surface area contributed by atoms with Gasteiger partial charge >= 0.3 is 0 Å². The number of carbonyl (C=O) groups is 2. The van der Waals surface area contributed by atoms with E-state index in [0.29, 0.717) is 10.6 Å². The Labute approximate surface area is 191 Å². The fraction of sp³-hybridized carbons (Fsp3) is 0.130. The van der Waals surface area contributed by atoms with Crippen molar-refractivity contribution in [2.45, 2.75) is 18.7 Å². The first kappa shape index (κ1) is 23.3. The maximum absolute atomic E-state index is 13.5. The van der Waals surface area contributed by atoms with Gasteiger partial charge in [0.05, 0.1) is 16.6 Å². The van der Waals surface area contributed by atoms with Crippen LogP contribution < -0.4 is 14.7 Å². The summed E-state index contributed by atoms with van der Waals surface area (Å²) in [6.45, 7) is 2.88. The largest absolute Gasteiger partial charge is 0.545 e. The van der Waals surface area contributed by atoms with Gasteiger partial charge in [0.2, 0.25) is 5.91 Å². The van der Waals surface area contributed by atoms with Crippen LogP contribution in [0.4, 0.5) is 11.4 Å². The van der Waals surface area contributed by atoms with Crippen molar-refractivity contribution in [2.75, 3.05) is 16.2 Å². The zero-order valence-electron chi connectivity index (χ0n) is 17.3. The lowest BCUT2D eigenvalue weighted by molar-refractivity contribution is -0.254. The lowest BCUT2D eigenvalue weighted by Gasteiger charge is -2.26. The highest BCUT2D eigenvalue weighted by atomic mass is 35.5. The van der Waals surface area contributed by atoms with E-state index in [1.807, 2.05) is 6.92 Å². The molecule has 0 aromatic heterocycles. The van der Waals surface area contributed by atoms with E-state index < -0.39 is 28.4 Å². The molecular weight excluding hydrogens is 452 g/mol. The van der Waals surface area contributed by atoms with Gasteiger partial charge in [0, 0.05) is 16.3 Å². The van der Waals surface area contributed by atoms with Crippen LogP contribution in [-0.4, -0.2) is 26.8 Å². The smallest absolute Gasteiger partial charge is 0.264 e. The lowest BCUT2D eigenvalue weighted by atomic mass is 10.2. The highest BCUT2D eigenvalue weighted by molar-refractivity contribution is 7.92. The summed E-state index contributed by atoms with van der Waals surface area (Å²) >= 11 is 6.20. The quantitative estimate of drug-likeness (QED) is 0.569. The van der Waals surface area contributed by atoms with Gasteiger partial charge in [-0.15, -0.1) is 0 Å². The molecule has 0 aliphatic rings. The summed E-state index contributed by atoms with van der Waals surface area (Å²) in [7, 11) is -4.14. The molecule has 0 saturated heterocycles. The van der Waals surface area contributed by atoms with Gasteiger partial charge in [-0.3, -0.25) is 9.10 Å². The van der Waals surface area contributed by atoms with Crippen molar-refractivity contribution in [2.24, 2.45) is 0 Å². The van der Waals surface area contributed by atoms with Gasteiger partial charge in [0.15, 0.2) is 0 Å².